The van der Waals surface area contributed by atoms with Gasteiger partial charge in [0, 0.05) is 11.3 Å². The summed E-state index contributed by atoms with van der Waals surface area (Å²) in [4.78, 5) is 13.4. The first-order valence-electron chi connectivity index (χ1n) is 10.8. The van der Waals surface area contributed by atoms with E-state index in [1.54, 1.807) is 0 Å². The van der Waals surface area contributed by atoms with Crippen LogP contribution in [0.15, 0.2) is 90.1 Å². The average molecular weight is 458 g/mol. The second kappa shape index (κ2) is 9.38. The highest BCUT2D eigenvalue weighted by molar-refractivity contribution is 8.00. The number of hydrogen-bond donors (Lipinski definition) is 2. The Labute approximate surface area is 196 Å². The molecule has 0 bridgehead atoms. The minimum Gasteiger partial charge on any atom is -0.494 e. The van der Waals surface area contributed by atoms with Gasteiger partial charge >= 0.3 is 0 Å². The lowest BCUT2D eigenvalue weighted by Gasteiger charge is -2.33. The maximum atomic E-state index is 13.4. The molecule has 2 N–H and O–H groups in total. The molecule has 1 aliphatic rings. The van der Waals surface area contributed by atoms with Crippen LogP contribution < -0.4 is 15.5 Å². The summed E-state index contributed by atoms with van der Waals surface area (Å²) in [6.45, 7) is 2.55. The Hall–Kier alpha value is -3.78. The van der Waals surface area contributed by atoms with Crippen molar-refractivity contribution in [3.63, 3.8) is 0 Å². The van der Waals surface area contributed by atoms with Crippen LogP contribution in [0.2, 0.25) is 0 Å². The smallest absolute Gasteiger partial charge is 0.240 e. The molecule has 2 unspecified atom stereocenters. The summed E-state index contributed by atoms with van der Waals surface area (Å²) in [6.07, 6.45) is 0. The van der Waals surface area contributed by atoms with Crippen LogP contribution in [0.1, 0.15) is 18.5 Å². The number of ether oxygens (including phenoxy) is 1. The number of para-hydroxylation sites is 1. The normalized spacial score (nSPS) is 17.0. The summed E-state index contributed by atoms with van der Waals surface area (Å²) in [5, 5.41) is 12.0. The van der Waals surface area contributed by atoms with Crippen LogP contribution in [-0.4, -0.2) is 32.6 Å². The molecule has 0 fully saturated rings. The van der Waals surface area contributed by atoms with Crippen molar-refractivity contribution in [3.05, 3.63) is 90.5 Å². The van der Waals surface area contributed by atoms with E-state index in [0.717, 1.165) is 22.6 Å². The van der Waals surface area contributed by atoms with E-state index in [1.165, 1.54) is 11.8 Å². The molecular formula is C25H23N5O2S. The van der Waals surface area contributed by atoms with Gasteiger partial charge in [-0.25, -0.2) is 4.68 Å². The van der Waals surface area contributed by atoms with Crippen LogP contribution in [0.5, 0.6) is 5.75 Å². The molecule has 1 aromatic heterocycles. The Morgan fingerprint density at radius 1 is 1.00 bits per heavy atom. The Bertz CT molecular complexity index is 1230. The van der Waals surface area contributed by atoms with E-state index >= 15 is 0 Å². The summed E-state index contributed by atoms with van der Waals surface area (Å²) in [6, 6.07) is 26.9. The number of benzene rings is 3. The van der Waals surface area contributed by atoms with Crippen molar-refractivity contribution in [1.82, 2.24) is 14.9 Å². The van der Waals surface area contributed by atoms with Gasteiger partial charge in [0.15, 0.2) is 5.82 Å². The van der Waals surface area contributed by atoms with Crippen LogP contribution in [0.25, 0.3) is 11.4 Å². The molecule has 4 aromatic rings. The largest absolute Gasteiger partial charge is 0.494 e. The number of nitrogens with zero attached hydrogens (tertiary/aromatic N) is 3. The van der Waals surface area contributed by atoms with Gasteiger partial charge in [0.05, 0.1) is 12.6 Å². The van der Waals surface area contributed by atoms with Gasteiger partial charge in [-0.05, 0) is 36.8 Å². The predicted molar refractivity (Wildman–Crippen MR) is 130 cm³/mol. The topological polar surface area (TPSA) is 81.1 Å². The van der Waals surface area contributed by atoms with Crippen molar-refractivity contribution >= 4 is 23.4 Å². The van der Waals surface area contributed by atoms with Crippen molar-refractivity contribution in [2.45, 2.75) is 23.4 Å². The third-order valence-electron chi connectivity index (χ3n) is 5.32. The first-order chi connectivity index (χ1) is 16.2. The van der Waals surface area contributed by atoms with E-state index in [0.29, 0.717) is 17.6 Å². The molecule has 1 aliphatic heterocycles. The zero-order valence-electron chi connectivity index (χ0n) is 18.0. The molecule has 0 aliphatic carbocycles. The maximum Gasteiger partial charge on any atom is 0.240 e. The molecule has 0 saturated carbocycles. The standard InChI is InChI=1S/C25H23N5O2S/c1-2-32-20-15-13-17(14-16-20)21-22(24(31)26-19-11-7-4-8-12-19)33-25-28-27-23(30(25)29-21)18-9-5-3-6-10-18/h3-16,21-22,29H,2H2,1H3,(H,26,31). The SMILES string of the molecule is CCOc1ccc(C2Nn3c(nnc3-c3ccccc3)SC2C(=O)Nc2ccccc2)cc1. The number of carbonyl (C=O) groups excluding carboxylic acids is 1. The van der Waals surface area contributed by atoms with Crippen molar-refractivity contribution in [2.24, 2.45) is 0 Å². The molecule has 166 valence electrons. The van der Waals surface area contributed by atoms with Crippen LogP contribution in [0.4, 0.5) is 5.69 Å². The molecule has 33 heavy (non-hydrogen) atoms. The van der Waals surface area contributed by atoms with E-state index in [4.69, 9.17) is 4.74 Å². The van der Waals surface area contributed by atoms with Crippen LogP contribution in [0, 0.1) is 0 Å². The first kappa shape index (κ1) is 21.1. The lowest BCUT2D eigenvalue weighted by molar-refractivity contribution is -0.116. The molecule has 8 heteroatoms. The number of rotatable bonds is 6. The summed E-state index contributed by atoms with van der Waals surface area (Å²) >= 11 is 1.40. The number of thioether (sulfide) groups is 1. The number of amides is 1. The number of nitrogens with one attached hydrogen (secondary N) is 2. The number of hydrogen-bond acceptors (Lipinski definition) is 6. The number of carbonyl (C=O) groups is 1. The number of fused-ring (bicyclic) bond motifs is 1. The molecule has 1 amide bonds. The number of aromatic nitrogens is 3. The van der Waals surface area contributed by atoms with Gasteiger partial charge in [-0.2, -0.15) is 0 Å². The molecule has 3 aromatic carbocycles. The monoisotopic (exact) mass is 457 g/mol. The van der Waals surface area contributed by atoms with Crippen LogP contribution in [0.3, 0.4) is 0 Å². The zero-order chi connectivity index (χ0) is 22.6. The Balaban J connectivity index is 1.50. The van der Waals surface area contributed by atoms with Gasteiger partial charge in [0.2, 0.25) is 11.1 Å². The molecule has 0 saturated heterocycles. The summed E-state index contributed by atoms with van der Waals surface area (Å²) in [5.74, 6) is 1.40. The highest BCUT2D eigenvalue weighted by atomic mass is 32.2. The fourth-order valence-corrected chi connectivity index (χ4v) is 4.83. The minimum atomic E-state index is -0.455. The van der Waals surface area contributed by atoms with E-state index < -0.39 is 5.25 Å². The quantitative estimate of drug-likeness (QED) is 0.435. The van der Waals surface area contributed by atoms with Gasteiger partial charge in [-0.3, -0.25) is 4.79 Å². The molecule has 0 radical (unpaired) electrons. The van der Waals surface area contributed by atoms with Crippen molar-refractivity contribution in [3.8, 4) is 17.1 Å². The fourth-order valence-electron chi connectivity index (χ4n) is 3.75. The summed E-state index contributed by atoms with van der Waals surface area (Å²) < 4.78 is 7.46. The minimum absolute atomic E-state index is 0.104. The third-order valence-corrected chi connectivity index (χ3v) is 6.53. The zero-order valence-corrected chi connectivity index (χ0v) is 18.8. The molecule has 2 atom stereocenters. The predicted octanol–water partition coefficient (Wildman–Crippen LogP) is 4.74. The van der Waals surface area contributed by atoms with Crippen molar-refractivity contribution in [1.29, 1.82) is 0 Å². The van der Waals surface area contributed by atoms with E-state index in [-0.39, 0.29) is 11.9 Å². The second-order valence-electron chi connectivity index (χ2n) is 7.51. The summed E-state index contributed by atoms with van der Waals surface area (Å²) in [5.41, 5.74) is 6.17. The maximum absolute atomic E-state index is 13.4. The van der Waals surface area contributed by atoms with Crippen LogP contribution >= 0.6 is 11.8 Å². The summed E-state index contributed by atoms with van der Waals surface area (Å²) in [7, 11) is 0. The van der Waals surface area contributed by atoms with Crippen molar-refractivity contribution in [2.75, 3.05) is 17.3 Å². The van der Waals surface area contributed by atoms with Gasteiger partial charge in [0.1, 0.15) is 11.0 Å². The molecule has 7 nitrogen and oxygen atoms in total. The van der Waals surface area contributed by atoms with Gasteiger partial charge in [-0.15, -0.1) is 10.2 Å². The Morgan fingerprint density at radius 3 is 2.39 bits per heavy atom. The molecule has 2 heterocycles. The van der Waals surface area contributed by atoms with Gasteiger partial charge in [0.25, 0.3) is 0 Å². The third kappa shape index (κ3) is 4.42. The van der Waals surface area contributed by atoms with E-state index in [1.807, 2.05) is 96.5 Å². The molecular weight excluding hydrogens is 434 g/mol. The highest BCUT2D eigenvalue weighted by Gasteiger charge is 2.38. The second-order valence-corrected chi connectivity index (χ2v) is 8.62. The average Bonchev–Trinajstić information content (AvgIpc) is 3.28. The van der Waals surface area contributed by atoms with Gasteiger partial charge < -0.3 is 15.5 Å². The van der Waals surface area contributed by atoms with E-state index in [2.05, 4.69) is 20.9 Å². The lowest BCUT2D eigenvalue weighted by Crippen LogP contribution is -2.41. The van der Waals surface area contributed by atoms with Crippen molar-refractivity contribution < 1.29 is 9.53 Å². The van der Waals surface area contributed by atoms with Crippen LogP contribution in [-0.2, 0) is 4.79 Å². The Kier molecular flexibility index (Phi) is 5.99. The number of anilines is 1. The Morgan fingerprint density at radius 2 is 1.70 bits per heavy atom. The molecule has 0 spiro atoms. The first-order valence-corrected chi connectivity index (χ1v) is 11.6. The highest BCUT2D eigenvalue weighted by Crippen LogP contribution is 2.39. The lowest BCUT2D eigenvalue weighted by atomic mass is 10.0. The van der Waals surface area contributed by atoms with Gasteiger partial charge in [-0.1, -0.05) is 72.4 Å². The van der Waals surface area contributed by atoms with E-state index in [9.17, 15) is 4.79 Å². The molecule has 5 rings (SSSR count). The fraction of sp³-hybridized carbons (Fsp3) is 0.160.